The van der Waals surface area contributed by atoms with E-state index in [0.29, 0.717) is 11.3 Å². The molecule has 0 saturated heterocycles. The lowest BCUT2D eigenvalue weighted by atomic mass is 9.92. The summed E-state index contributed by atoms with van der Waals surface area (Å²) in [5.41, 5.74) is 1.77. The molecule has 0 amide bonds. The van der Waals surface area contributed by atoms with Crippen LogP contribution in [0.4, 0.5) is 4.39 Å². The maximum atomic E-state index is 15.1. The van der Waals surface area contributed by atoms with Crippen LogP contribution in [-0.4, -0.2) is 12.1 Å². The maximum Gasteiger partial charge on any atom is 0.350 e. The molecular weight excluding hydrogens is 439 g/mol. The Labute approximate surface area is 203 Å². The second kappa shape index (κ2) is 9.59. The summed E-state index contributed by atoms with van der Waals surface area (Å²) >= 11 is 0. The lowest BCUT2D eigenvalue weighted by Crippen LogP contribution is -2.16. The SMILES string of the molecule is CC(C)Oc1ccc2ccccc2c1-c1c(OC(=O)C(F)c2ccccc2)ccc2ccccc12. The molecule has 4 heteroatoms. The van der Waals surface area contributed by atoms with Gasteiger partial charge in [0.15, 0.2) is 0 Å². The number of esters is 1. The lowest BCUT2D eigenvalue weighted by Gasteiger charge is -2.20. The van der Waals surface area contributed by atoms with Gasteiger partial charge in [0.25, 0.3) is 0 Å². The Balaban J connectivity index is 1.73. The average molecular weight is 465 g/mol. The van der Waals surface area contributed by atoms with Crippen LogP contribution in [0.5, 0.6) is 11.5 Å². The molecule has 0 aliphatic heterocycles. The van der Waals surface area contributed by atoms with Gasteiger partial charge in [-0.3, -0.25) is 0 Å². The zero-order valence-electron chi connectivity index (χ0n) is 19.6. The minimum atomic E-state index is -1.89. The third-order valence-corrected chi connectivity index (χ3v) is 5.90. The van der Waals surface area contributed by atoms with Gasteiger partial charge in [0.1, 0.15) is 11.5 Å². The Morgan fingerprint density at radius 2 is 1.17 bits per heavy atom. The molecule has 0 aromatic heterocycles. The molecule has 5 rings (SSSR count). The topological polar surface area (TPSA) is 35.5 Å². The number of alkyl halides is 1. The molecule has 0 aliphatic rings. The van der Waals surface area contributed by atoms with Gasteiger partial charge in [-0.05, 0) is 53.1 Å². The second-order valence-electron chi connectivity index (χ2n) is 8.68. The standard InChI is InChI=1S/C31H25FO3/c1-20(2)34-26-18-16-21-10-6-8-14-24(21)28(26)29-25-15-9-7-11-22(25)17-19-27(29)35-31(33)30(32)23-12-4-3-5-13-23/h3-20,30H,1-2H3. The smallest absolute Gasteiger partial charge is 0.350 e. The normalized spacial score (nSPS) is 12.1. The maximum absolute atomic E-state index is 15.1. The zero-order valence-corrected chi connectivity index (χ0v) is 19.6. The van der Waals surface area contributed by atoms with Crippen LogP contribution in [0.25, 0.3) is 32.7 Å². The van der Waals surface area contributed by atoms with Gasteiger partial charge >= 0.3 is 5.97 Å². The Morgan fingerprint density at radius 3 is 1.77 bits per heavy atom. The quantitative estimate of drug-likeness (QED) is 0.188. The van der Waals surface area contributed by atoms with Gasteiger partial charge in [-0.25, -0.2) is 9.18 Å². The van der Waals surface area contributed by atoms with E-state index in [0.717, 1.165) is 27.1 Å². The van der Waals surface area contributed by atoms with Crippen molar-refractivity contribution in [1.82, 2.24) is 0 Å². The van der Waals surface area contributed by atoms with Crippen LogP contribution in [-0.2, 0) is 4.79 Å². The Morgan fingerprint density at radius 1 is 0.657 bits per heavy atom. The molecule has 0 radical (unpaired) electrons. The molecule has 5 aromatic carbocycles. The van der Waals surface area contributed by atoms with Crippen LogP contribution in [0.15, 0.2) is 103 Å². The van der Waals surface area contributed by atoms with Crippen LogP contribution in [0.2, 0.25) is 0 Å². The van der Waals surface area contributed by atoms with Crippen molar-refractivity contribution in [1.29, 1.82) is 0 Å². The van der Waals surface area contributed by atoms with Crippen molar-refractivity contribution in [2.75, 3.05) is 0 Å². The molecule has 0 N–H and O–H groups in total. The third kappa shape index (κ3) is 4.47. The number of carbonyl (C=O) groups excluding carboxylic acids is 1. The first kappa shape index (κ1) is 22.6. The van der Waals surface area contributed by atoms with Crippen LogP contribution in [0.3, 0.4) is 0 Å². The van der Waals surface area contributed by atoms with Gasteiger partial charge < -0.3 is 9.47 Å². The molecule has 0 aliphatic carbocycles. The molecule has 0 heterocycles. The molecular formula is C31H25FO3. The average Bonchev–Trinajstić information content (AvgIpc) is 2.88. The zero-order chi connectivity index (χ0) is 24.4. The van der Waals surface area contributed by atoms with Crippen molar-refractivity contribution >= 4 is 27.5 Å². The summed E-state index contributed by atoms with van der Waals surface area (Å²) in [4.78, 5) is 12.9. The Hall–Kier alpha value is -4.18. The van der Waals surface area contributed by atoms with Crippen molar-refractivity contribution in [3.63, 3.8) is 0 Å². The lowest BCUT2D eigenvalue weighted by molar-refractivity contribution is -0.140. The fraction of sp³-hybridized carbons (Fsp3) is 0.129. The summed E-state index contributed by atoms with van der Waals surface area (Å²) in [6.07, 6.45) is -1.96. The summed E-state index contributed by atoms with van der Waals surface area (Å²) in [6.45, 7) is 3.94. The number of carbonyl (C=O) groups is 1. The van der Waals surface area contributed by atoms with Gasteiger partial charge in [0.05, 0.1) is 6.10 Å². The predicted octanol–water partition coefficient (Wildman–Crippen LogP) is 8.06. The first-order valence-corrected chi connectivity index (χ1v) is 11.6. The highest BCUT2D eigenvalue weighted by atomic mass is 19.1. The van der Waals surface area contributed by atoms with E-state index in [-0.39, 0.29) is 17.4 Å². The number of hydrogen-bond donors (Lipinski definition) is 0. The van der Waals surface area contributed by atoms with E-state index in [4.69, 9.17) is 9.47 Å². The van der Waals surface area contributed by atoms with Crippen molar-refractivity contribution in [3.8, 4) is 22.6 Å². The molecule has 0 fully saturated rings. The summed E-state index contributed by atoms with van der Waals surface area (Å²) in [6, 6.07) is 31.8. The van der Waals surface area contributed by atoms with Crippen LogP contribution >= 0.6 is 0 Å². The number of ether oxygens (including phenoxy) is 2. The third-order valence-electron chi connectivity index (χ3n) is 5.90. The van der Waals surface area contributed by atoms with Crippen LogP contribution in [0.1, 0.15) is 25.6 Å². The molecule has 3 nitrogen and oxygen atoms in total. The van der Waals surface area contributed by atoms with E-state index in [2.05, 4.69) is 0 Å². The fourth-order valence-electron chi connectivity index (χ4n) is 4.37. The van der Waals surface area contributed by atoms with Crippen molar-refractivity contribution in [2.45, 2.75) is 26.1 Å². The highest BCUT2D eigenvalue weighted by Gasteiger charge is 2.25. The second-order valence-corrected chi connectivity index (χ2v) is 8.68. The monoisotopic (exact) mass is 464 g/mol. The molecule has 1 unspecified atom stereocenters. The van der Waals surface area contributed by atoms with Crippen LogP contribution < -0.4 is 9.47 Å². The summed E-state index contributed by atoms with van der Waals surface area (Å²) in [5, 5.41) is 3.85. The van der Waals surface area contributed by atoms with Crippen molar-refractivity contribution < 1.29 is 18.7 Å². The number of benzene rings is 5. The number of hydrogen-bond acceptors (Lipinski definition) is 3. The van der Waals surface area contributed by atoms with Crippen molar-refractivity contribution in [2.24, 2.45) is 0 Å². The van der Waals surface area contributed by atoms with E-state index in [1.807, 2.05) is 80.6 Å². The van der Waals surface area contributed by atoms with Crippen LogP contribution in [0, 0.1) is 0 Å². The summed E-state index contributed by atoms with van der Waals surface area (Å²) in [7, 11) is 0. The molecule has 35 heavy (non-hydrogen) atoms. The molecule has 174 valence electrons. The van der Waals surface area contributed by atoms with E-state index in [1.165, 1.54) is 0 Å². The van der Waals surface area contributed by atoms with Gasteiger partial charge in [0.2, 0.25) is 6.17 Å². The number of rotatable bonds is 6. The van der Waals surface area contributed by atoms with Gasteiger partial charge in [-0.1, -0.05) is 91.0 Å². The molecule has 0 spiro atoms. The van der Waals surface area contributed by atoms with E-state index in [9.17, 15) is 4.79 Å². The molecule has 5 aromatic rings. The molecule has 1 atom stereocenters. The predicted molar refractivity (Wildman–Crippen MR) is 139 cm³/mol. The summed E-state index contributed by atoms with van der Waals surface area (Å²) < 4.78 is 27.1. The molecule has 0 saturated carbocycles. The highest BCUT2D eigenvalue weighted by molar-refractivity contribution is 6.10. The van der Waals surface area contributed by atoms with E-state index < -0.39 is 12.1 Å². The van der Waals surface area contributed by atoms with Gasteiger partial charge in [0, 0.05) is 11.1 Å². The largest absolute Gasteiger partial charge is 0.490 e. The number of halogens is 1. The first-order chi connectivity index (χ1) is 17.0. The molecule has 0 bridgehead atoms. The van der Waals surface area contributed by atoms with E-state index >= 15 is 4.39 Å². The van der Waals surface area contributed by atoms with Gasteiger partial charge in [-0.15, -0.1) is 0 Å². The Bertz CT molecular complexity index is 1510. The Kier molecular flexibility index (Phi) is 6.19. The fourth-order valence-corrected chi connectivity index (χ4v) is 4.37. The van der Waals surface area contributed by atoms with E-state index in [1.54, 1.807) is 36.4 Å². The van der Waals surface area contributed by atoms with Gasteiger partial charge in [-0.2, -0.15) is 0 Å². The first-order valence-electron chi connectivity index (χ1n) is 11.6. The highest BCUT2D eigenvalue weighted by Crippen LogP contribution is 2.46. The van der Waals surface area contributed by atoms with Crippen molar-refractivity contribution in [3.05, 3.63) is 109 Å². The number of fused-ring (bicyclic) bond motifs is 2. The summed E-state index contributed by atoms with van der Waals surface area (Å²) in [5.74, 6) is 0.00347. The minimum absolute atomic E-state index is 0.0656. The minimum Gasteiger partial charge on any atom is -0.490 e.